The van der Waals surface area contributed by atoms with Crippen molar-refractivity contribution in [3.05, 3.63) is 20.8 Å². The molecule has 0 N–H and O–H groups in total. The van der Waals surface area contributed by atoms with Crippen LogP contribution in [0.2, 0.25) is 15.9 Å². The van der Waals surface area contributed by atoms with Crippen molar-refractivity contribution >= 4 is 8.80 Å². The van der Waals surface area contributed by atoms with Crippen LogP contribution in [0, 0.1) is 0 Å². The first kappa shape index (κ1) is 18.3. The first-order valence-electron chi connectivity index (χ1n) is 7.01. The van der Waals surface area contributed by atoms with Crippen molar-refractivity contribution in [3.8, 4) is 0 Å². The topological polar surface area (TPSA) is 27.7 Å². The van der Waals surface area contributed by atoms with Crippen LogP contribution in [-0.2, 0) is 29.3 Å². The van der Waals surface area contributed by atoms with Gasteiger partial charge in [0.15, 0.2) is 0 Å². The van der Waals surface area contributed by atoms with Crippen LogP contribution >= 0.6 is 0 Å². The summed E-state index contributed by atoms with van der Waals surface area (Å²) in [7, 11) is -2.71. The van der Waals surface area contributed by atoms with Gasteiger partial charge in [0.2, 0.25) is 0 Å². The van der Waals surface area contributed by atoms with E-state index in [1.807, 2.05) is 20.8 Å². The molecule has 0 bridgehead atoms. The molecule has 0 aliphatic heterocycles. The van der Waals surface area contributed by atoms with Gasteiger partial charge in [-0.2, -0.15) is 0 Å². The van der Waals surface area contributed by atoms with Crippen molar-refractivity contribution in [1.29, 1.82) is 0 Å². The maximum atomic E-state index is 6.04. The normalized spacial score (nSPS) is 17.6. The summed E-state index contributed by atoms with van der Waals surface area (Å²) in [6, 6.07) is 0. The fraction of sp³-hybridized carbons (Fsp3) is 0.733. The van der Waals surface area contributed by atoms with E-state index in [0.29, 0.717) is 19.8 Å². The minimum atomic E-state index is -2.71. The van der Waals surface area contributed by atoms with Gasteiger partial charge in [-0.15, -0.1) is 0 Å². The van der Waals surface area contributed by atoms with Crippen molar-refractivity contribution in [2.45, 2.75) is 50.1 Å². The van der Waals surface area contributed by atoms with Crippen LogP contribution in [0.3, 0.4) is 0 Å². The Bertz CT molecular complexity index is 379. The molecule has 0 amide bonds. The van der Waals surface area contributed by atoms with E-state index >= 15 is 0 Å². The molecule has 20 heavy (non-hydrogen) atoms. The van der Waals surface area contributed by atoms with Crippen molar-refractivity contribution in [1.82, 2.24) is 0 Å². The Labute approximate surface area is 129 Å². The molecule has 0 atom stereocenters. The third-order valence-electron chi connectivity index (χ3n) is 3.17. The third-order valence-corrected chi connectivity index (χ3v) is 11.8. The molecule has 0 spiro atoms. The second-order valence-corrected chi connectivity index (χ2v) is 19.2. The average molecular weight is 482 g/mol. The van der Waals surface area contributed by atoms with Crippen LogP contribution in [-0.4, -0.2) is 28.6 Å². The molecule has 0 aromatic heterocycles. The summed E-state index contributed by atoms with van der Waals surface area (Å²) in [6.07, 6.45) is 3.36. The quantitative estimate of drug-likeness (QED) is 0.479. The van der Waals surface area contributed by atoms with Crippen LogP contribution in [0.25, 0.3) is 0 Å². The Morgan fingerprint density at radius 3 is 1.75 bits per heavy atom. The van der Waals surface area contributed by atoms with Crippen LogP contribution in [0.1, 0.15) is 34.1 Å². The zero-order chi connectivity index (χ0) is 15.4. The van der Waals surface area contributed by atoms with E-state index in [1.165, 1.54) is 10.8 Å². The first-order chi connectivity index (χ1) is 9.32. The molecule has 0 fully saturated rings. The van der Waals surface area contributed by atoms with Crippen molar-refractivity contribution < 1.29 is 29.3 Å². The second kappa shape index (κ2) is 7.50. The van der Waals surface area contributed by atoms with E-state index in [-0.39, 0.29) is 0 Å². The summed E-state index contributed by atoms with van der Waals surface area (Å²) in [5.74, 6) is 0. The molecule has 122 valence electrons. The van der Waals surface area contributed by atoms with Gasteiger partial charge in [0, 0.05) is 0 Å². The molecule has 1 rings (SSSR count). The zero-order valence-electron chi connectivity index (χ0n) is 13.9. The average Bonchev–Trinajstić information content (AvgIpc) is 2.72. The van der Waals surface area contributed by atoms with Crippen LogP contribution in [0.4, 0.5) is 0 Å². The van der Waals surface area contributed by atoms with E-state index < -0.39 is 24.9 Å². The van der Waals surface area contributed by atoms with Crippen molar-refractivity contribution in [2.24, 2.45) is 0 Å². The van der Waals surface area contributed by atoms with Crippen LogP contribution < -0.4 is 0 Å². The number of hydrogen-bond acceptors (Lipinski definition) is 3. The Morgan fingerprint density at radius 1 is 1.00 bits per heavy atom. The van der Waals surface area contributed by atoms with Gasteiger partial charge >= 0.3 is 129 Å². The van der Waals surface area contributed by atoms with Gasteiger partial charge in [-0.1, -0.05) is 0 Å². The zero-order valence-corrected chi connectivity index (χ0v) is 17.2. The fourth-order valence-electron chi connectivity index (χ4n) is 2.46. The summed E-state index contributed by atoms with van der Waals surface area (Å²) in [5.41, 5.74) is 1.39. The van der Waals surface area contributed by atoms with E-state index in [9.17, 15) is 0 Å². The molecule has 3 nitrogen and oxygen atoms in total. The first-order valence-corrected chi connectivity index (χ1v) is 16.7. The molecule has 0 aromatic carbocycles. The molecule has 0 unspecified atom stereocenters. The monoisotopic (exact) mass is 481 g/mol. The van der Waals surface area contributed by atoms with Gasteiger partial charge in [-0.3, -0.25) is 0 Å². The minimum absolute atomic E-state index is 0.628. The van der Waals surface area contributed by atoms with Crippen molar-refractivity contribution in [2.75, 3.05) is 19.8 Å². The van der Waals surface area contributed by atoms with E-state index in [1.54, 1.807) is 3.96 Å². The van der Waals surface area contributed by atoms with E-state index in [0.717, 1.165) is 6.42 Å². The fourth-order valence-corrected chi connectivity index (χ4v) is 10.0. The Morgan fingerprint density at radius 2 is 1.45 bits per heavy atom. The second-order valence-electron chi connectivity index (χ2n) is 5.09. The molecule has 0 heterocycles. The summed E-state index contributed by atoms with van der Waals surface area (Å²) in [5, 5.41) is 8.53. The predicted octanol–water partition coefficient (Wildman–Crippen LogP) is 4.48. The molecular weight excluding hydrogens is 451 g/mol. The maximum absolute atomic E-state index is 6.04. The summed E-state index contributed by atoms with van der Waals surface area (Å²) >= 11 is -1.73. The summed E-state index contributed by atoms with van der Waals surface area (Å²) < 4.78 is 19.8. The van der Waals surface area contributed by atoms with Gasteiger partial charge in [0.05, 0.1) is 0 Å². The number of allylic oxidation sites excluding steroid dienone is 4. The number of hydrogen-bond donors (Lipinski definition) is 0. The van der Waals surface area contributed by atoms with Gasteiger partial charge in [-0.25, -0.2) is 0 Å². The Balaban J connectivity index is 3.18. The van der Waals surface area contributed by atoms with Crippen molar-refractivity contribution in [3.63, 3.8) is 0 Å². The van der Waals surface area contributed by atoms with Gasteiger partial charge in [0.25, 0.3) is 0 Å². The molecule has 0 radical (unpaired) electrons. The summed E-state index contributed by atoms with van der Waals surface area (Å²) in [4.78, 5) is 0. The number of rotatable bonds is 8. The van der Waals surface area contributed by atoms with E-state index in [2.05, 4.69) is 28.9 Å². The van der Waals surface area contributed by atoms with Crippen LogP contribution in [0.15, 0.2) is 20.8 Å². The van der Waals surface area contributed by atoms with Gasteiger partial charge in [-0.05, 0) is 0 Å². The molecule has 1 aliphatic rings. The predicted molar refractivity (Wildman–Crippen MR) is 83.6 cm³/mol. The molecule has 1 aliphatic carbocycles. The molecule has 0 saturated carbocycles. The van der Waals surface area contributed by atoms with Gasteiger partial charge < -0.3 is 0 Å². The van der Waals surface area contributed by atoms with Gasteiger partial charge in [0.1, 0.15) is 0 Å². The molecule has 0 aromatic rings. The van der Waals surface area contributed by atoms with E-state index in [4.69, 9.17) is 13.3 Å². The summed E-state index contributed by atoms with van der Waals surface area (Å²) in [6.45, 7) is 10.1. The molecule has 0 saturated heterocycles. The SMILES string of the molecule is CCO[Si](OCC)(OCC)C1=CC[C]([Pt]([CH3])([CH3])[CH3])=C1C. The standard InChI is InChI=1S/C12H21O3Si.3CH3.Pt/c1-5-13-16(14-6-2,15-7-3)12-10-8-9-11(12)4;;;;/h10H,5-8H2,1-4H3;3*1H3;. The Kier molecular flexibility index (Phi) is 6.87. The third kappa shape index (κ3) is 3.92. The molecule has 5 heteroatoms. The molecular formula is C15H30O3PtSi. The van der Waals surface area contributed by atoms with Crippen LogP contribution in [0.5, 0.6) is 0 Å². The Hall–Kier alpha value is 0.265.